The third-order valence-electron chi connectivity index (χ3n) is 2.72. The maximum atomic E-state index is 13.2. The summed E-state index contributed by atoms with van der Waals surface area (Å²) in [7, 11) is 0. The first-order chi connectivity index (χ1) is 7.63. The highest BCUT2D eigenvalue weighted by Crippen LogP contribution is 2.40. The van der Waals surface area contributed by atoms with Gasteiger partial charge < -0.3 is 0 Å². The fourth-order valence-electron chi connectivity index (χ4n) is 2.01. The Balaban J connectivity index is 2.23. The molecule has 1 aliphatic rings. The van der Waals surface area contributed by atoms with Crippen molar-refractivity contribution in [2.75, 3.05) is 5.75 Å². The molecule has 2 rings (SSSR count). The van der Waals surface area contributed by atoms with Gasteiger partial charge in [0.25, 0.3) is 0 Å². The van der Waals surface area contributed by atoms with Gasteiger partial charge in [-0.1, -0.05) is 15.9 Å². The topological polar surface area (TPSA) is 23.8 Å². The molecule has 84 valence electrons. The minimum absolute atomic E-state index is 0.250. The second-order valence-corrected chi connectivity index (χ2v) is 6.41. The summed E-state index contributed by atoms with van der Waals surface area (Å²) in [5.41, 5.74) is 0.892. The first-order valence-electron chi connectivity index (χ1n) is 5.14. The summed E-state index contributed by atoms with van der Waals surface area (Å²) < 4.78 is 13.6. The first-order valence-corrected chi connectivity index (χ1v) is 6.92. The van der Waals surface area contributed by atoms with Crippen molar-refractivity contribution in [2.45, 2.75) is 24.0 Å². The van der Waals surface area contributed by atoms with Gasteiger partial charge in [-0.05, 0) is 42.4 Å². The lowest BCUT2D eigenvalue weighted by molar-refractivity contribution is 0.618. The molecular weight excluding hydrogens is 289 g/mol. The van der Waals surface area contributed by atoms with E-state index in [4.69, 9.17) is 0 Å². The van der Waals surface area contributed by atoms with Gasteiger partial charge in [0.05, 0.1) is 6.07 Å². The van der Waals surface area contributed by atoms with Crippen molar-refractivity contribution in [2.24, 2.45) is 0 Å². The first kappa shape index (κ1) is 11.9. The highest BCUT2D eigenvalue weighted by Gasteiger charge is 2.35. The van der Waals surface area contributed by atoms with Gasteiger partial charge in [-0.25, -0.2) is 4.39 Å². The van der Waals surface area contributed by atoms with Crippen molar-refractivity contribution in [3.8, 4) is 6.07 Å². The lowest BCUT2D eigenvalue weighted by Gasteiger charge is -2.19. The van der Waals surface area contributed by atoms with E-state index in [1.807, 2.05) is 6.07 Å². The average molecular weight is 300 g/mol. The molecule has 0 aromatic heterocycles. The van der Waals surface area contributed by atoms with Crippen LogP contribution in [-0.4, -0.2) is 10.5 Å². The lowest BCUT2D eigenvalue weighted by Crippen LogP contribution is -2.21. The van der Waals surface area contributed by atoms with E-state index in [9.17, 15) is 9.65 Å². The van der Waals surface area contributed by atoms with E-state index in [0.29, 0.717) is 6.42 Å². The van der Waals surface area contributed by atoms with Crippen LogP contribution in [0.5, 0.6) is 0 Å². The van der Waals surface area contributed by atoms with Gasteiger partial charge in [0.1, 0.15) is 10.6 Å². The zero-order valence-electron chi connectivity index (χ0n) is 8.67. The molecule has 1 aromatic carbocycles. The molecule has 1 saturated heterocycles. The Labute approximate surface area is 107 Å². The summed E-state index contributed by atoms with van der Waals surface area (Å²) in [6.07, 6.45) is 2.61. The fourth-order valence-corrected chi connectivity index (χ4v) is 3.82. The Morgan fingerprint density at radius 2 is 2.31 bits per heavy atom. The average Bonchev–Trinajstić information content (AvgIpc) is 2.65. The van der Waals surface area contributed by atoms with Gasteiger partial charge in [-0.3, -0.25) is 0 Å². The molecule has 1 nitrogen and oxygen atoms in total. The molecule has 0 aliphatic carbocycles. The molecule has 1 aliphatic heterocycles. The van der Waals surface area contributed by atoms with Gasteiger partial charge in [-0.15, -0.1) is 11.8 Å². The molecule has 1 heterocycles. The summed E-state index contributed by atoms with van der Waals surface area (Å²) in [6.45, 7) is 0. The Morgan fingerprint density at radius 1 is 1.50 bits per heavy atom. The maximum absolute atomic E-state index is 13.2. The second-order valence-electron chi connectivity index (χ2n) is 4.01. The lowest BCUT2D eigenvalue weighted by atomic mass is 9.96. The van der Waals surface area contributed by atoms with Crippen LogP contribution in [0.2, 0.25) is 0 Å². The molecule has 0 N–H and O–H groups in total. The van der Waals surface area contributed by atoms with E-state index >= 15 is 0 Å². The van der Waals surface area contributed by atoms with E-state index in [0.717, 1.165) is 28.6 Å². The van der Waals surface area contributed by atoms with Gasteiger partial charge in [0.2, 0.25) is 0 Å². The Kier molecular flexibility index (Phi) is 3.56. The van der Waals surface area contributed by atoms with Crippen LogP contribution in [0.25, 0.3) is 0 Å². The minimum Gasteiger partial charge on any atom is -0.207 e. The van der Waals surface area contributed by atoms with E-state index < -0.39 is 0 Å². The van der Waals surface area contributed by atoms with Crippen LogP contribution in [0.3, 0.4) is 0 Å². The van der Waals surface area contributed by atoms with Gasteiger partial charge in [0, 0.05) is 10.9 Å². The Hall–Kier alpha value is -0.530. The summed E-state index contributed by atoms with van der Waals surface area (Å²) in [4.78, 5) is 0. The summed E-state index contributed by atoms with van der Waals surface area (Å²) in [6, 6.07) is 7.23. The van der Waals surface area contributed by atoms with Crippen molar-refractivity contribution >= 4 is 27.7 Å². The van der Waals surface area contributed by atoms with Crippen LogP contribution in [0.15, 0.2) is 22.7 Å². The van der Waals surface area contributed by atoms with E-state index in [2.05, 4.69) is 22.0 Å². The number of benzene rings is 1. The second kappa shape index (κ2) is 4.77. The molecule has 1 unspecified atom stereocenters. The highest BCUT2D eigenvalue weighted by molar-refractivity contribution is 9.10. The largest absolute Gasteiger partial charge is 0.207 e. The minimum atomic E-state index is -0.340. The molecule has 4 heteroatoms. The third-order valence-corrected chi connectivity index (χ3v) is 4.66. The highest BCUT2D eigenvalue weighted by atomic mass is 79.9. The molecule has 0 amide bonds. The molecule has 1 atom stereocenters. The maximum Gasteiger partial charge on any atom is 0.124 e. The van der Waals surface area contributed by atoms with Crippen LogP contribution in [0.1, 0.15) is 18.4 Å². The zero-order chi connectivity index (χ0) is 11.6. The predicted molar refractivity (Wildman–Crippen MR) is 67.8 cm³/mol. The monoisotopic (exact) mass is 299 g/mol. The number of halogens is 2. The van der Waals surface area contributed by atoms with Crippen molar-refractivity contribution < 1.29 is 4.39 Å². The number of rotatable bonds is 2. The number of nitriles is 1. The molecule has 0 radical (unpaired) electrons. The third kappa shape index (κ3) is 2.58. The Morgan fingerprint density at radius 3 is 2.88 bits per heavy atom. The molecule has 0 bridgehead atoms. The van der Waals surface area contributed by atoms with E-state index in [1.165, 1.54) is 12.1 Å². The summed E-state index contributed by atoms with van der Waals surface area (Å²) in [5, 5.41) is 9.24. The van der Waals surface area contributed by atoms with E-state index in [-0.39, 0.29) is 10.6 Å². The molecular formula is C12H11BrFNS. The fraction of sp³-hybridized carbons (Fsp3) is 0.417. The summed E-state index contributed by atoms with van der Waals surface area (Å²) in [5.74, 6) is 0.782. The quantitative estimate of drug-likeness (QED) is 0.826. The van der Waals surface area contributed by atoms with Crippen molar-refractivity contribution in [1.82, 2.24) is 0 Å². The number of hydrogen-bond acceptors (Lipinski definition) is 2. The van der Waals surface area contributed by atoms with Crippen LogP contribution in [-0.2, 0) is 6.42 Å². The van der Waals surface area contributed by atoms with Crippen LogP contribution in [0, 0.1) is 17.1 Å². The van der Waals surface area contributed by atoms with E-state index in [1.54, 1.807) is 11.8 Å². The van der Waals surface area contributed by atoms with Crippen molar-refractivity contribution in [3.63, 3.8) is 0 Å². The molecule has 1 aromatic rings. The molecule has 16 heavy (non-hydrogen) atoms. The molecule has 1 fully saturated rings. The smallest absolute Gasteiger partial charge is 0.124 e. The molecule has 0 spiro atoms. The van der Waals surface area contributed by atoms with Crippen LogP contribution < -0.4 is 0 Å². The molecule has 0 saturated carbocycles. The van der Waals surface area contributed by atoms with Gasteiger partial charge in [-0.2, -0.15) is 5.26 Å². The van der Waals surface area contributed by atoms with Crippen molar-refractivity contribution in [3.05, 3.63) is 34.1 Å². The van der Waals surface area contributed by atoms with Crippen LogP contribution in [0.4, 0.5) is 4.39 Å². The van der Waals surface area contributed by atoms with Crippen LogP contribution >= 0.6 is 27.7 Å². The van der Waals surface area contributed by atoms with Gasteiger partial charge >= 0.3 is 0 Å². The normalized spacial score (nSPS) is 24.3. The van der Waals surface area contributed by atoms with Crippen molar-refractivity contribution in [1.29, 1.82) is 5.26 Å². The van der Waals surface area contributed by atoms with Gasteiger partial charge in [0.15, 0.2) is 0 Å². The number of nitrogens with zero attached hydrogens (tertiary/aromatic N) is 1. The Bertz CT molecular complexity index is 415. The summed E-state index contributed by atoms with van der Waals surface area (Å²) >= 11 is 4.97. The number of thioether (sulfide) groups is 1. The predicted octanol–water partition coefficient (Wildman–Crippen LogP) is 3.92. The SMILES string of the molecule is N#CC1(Cc2cc(F)cc(Br)c2)CCCS1. The number of hydrogen-bond donors (Lipinski definition) is 0. The zero-order valence-corrected chi connectivity index (χ0v) is 11.1. The standard InChI is InChI=1S/C12H11BrFNS/c13-10-4-9(5-11(14)6-10)7-12(8-15)2-1-3-16-12/h4-6H,1-3,7H2.